The summed E-state index contributed by atoms with van der Waals surface area (Å²) in [6, 6.07) is 14.7. The number of aromatic nitrogens is 1. The minimum Gasteiger partial charge on any atom is -0.350 e. The monoisotopic (exact) mass is 419 g/mol. The van der Waals surface area contributed by atoms with Gasteiger partial charge in [-0.15, -0.1) is 0 Å². The van der Waals surface area contributed by atoms with Gasteiger partial charge in [-0.2, -0.15) is 0 Å². The van der Waals surface area contributed by atoms with E-state index in [-0.39, 0.29) is 29.1 Å². The highest BCUT2D eigenvalue weighted by molar-refractivity contribution is 6.38. The van der Waals surface area contributed by atoms with Gasteiger partial charge in [0.15, 0.2) is 5.43 Å². The Bertz CT molecular complexity index is 1180. The van der Waals surface area contributed by atoms with Crippen molar-refractivity contribution in [2.24, 2.45) is 0 Å². The van der Waals surface area contributed by atoms with Crippen LogP contribution in [-0.4, -0.2) is 34.7 Å². The van der Waals surface area contributed by atoms with Gasteiger partial charge in [-0.05, 0) is 38.5 Å². The molecule has 0 radical (unpaired) electrons. The molecular weight excluding hydrogens is 394 g/mol. The lowest BCUT2D eigenvalue weighted by Gasteiger charge is -2.19. The van der Waals surface area contributed by atoms with Crippen LogP contribution in [0.25, 0.3) is 10.9 Å². The molecule has 0 fully saturated rings. The molecule has 3 rings (SSSR count). The van der Waals surface area contributed by atoms with E-state index in [0.717, 1.165) is 5.56 Å². The number of carbonyl (C=O) groups is 3. The lowest BCUT2D eigenvalue weighted by atomic mass is 10.0. The lowest BCUT2D eigenvalue weighted by molar-refractivity contribution is -0.139. The van der Waals surface area contributed by atoms with E-state index >= 15 is 0 Å². The number of H-pyrrole nitrogens is 1. The summed E-state index contributed by atoms with van der Waals surface area (Å²) in [6.07, 6.45) is 0.147. The maximum absolute atomic E-state index is 13.0. The summed E-state index contributed by atoms with van der Waals surface area (Å²) in [5.41, 5.74) is 1.37. The van der Waals surface area contributed by atoms with Crippen LogP contribution >= 0.6 is 0 Å². The zero-order chi connectivity index (χ0) is 22.5. The van der Waals surface area contributed by atoms with Crippen molar-refractivity contribution in [2.75, 3.05) is 0 Å². The van der Waals surface area contributed by atoms with Crippen LogP contribution in [0.15, 0.2) is 59.4 Å². The first-order valence-electron chi connectivity index (χ1n) is 10.1. The van der Waals surface area contributed by atoms with Crippen LogP contribution in [0.5, 0.6) is 0 Å². The molecule has 0 unspecified atom stereocenters. The molecule has 3 aromatic rings. The standard InChI is InChI=1S/C24H25N3O4/c1-14(2)25-24(31)22(29)19(13-16-9-5-4-6-10-16)27-23(30)20-15(3)21(28)17-11-7-8-12-18(17)26-20/h4-12,14,19H,13H2,1-3H3,(H,25,31)(H,26,28)(H,27,30)/t19-/m0/s1. The molecule has 160 valence electrons. The van der Waals surface area contributed by atoms with E-state index in [9.17, 15) is 19.2 Å². The first-order chi connectivity index (χ1) is 14.8. The number of Topliss-reactive ketones (excluding diaryl/α,β-unsaturated/α-hetero) is 1. The molecule has 0 aliphatic rings. The zero-order valence-corrected chi connectivity index (χ0v) is 17.7. The third-order valence-electron chi connectivity index (χ3n) is 4.92. The molecule has 0 saturated heterocycles. The SMILES string of the molecule is Cc1c(C(=O)N[C@@H](Cc2ccccc2)C(=O)C(=O)NC(C)C)[nH]c2ccccc2c1=O. The lowest BCUT2D eigenvalue weighted by Crippen LogP contribution is -2.50. The molecule has 31 heavy (non-hydrogen) atoms. The van der Waals surface area contributed by atoms with Crippen molar-refractivity contribution < 1.29 is 14.4 Å². The van der Waals surface area contributed by atoms with Crippen molar-refractivity contribution in [2.45, 2.75) is 39.3 Å². The number of para-hydroxylation sites is 1. The van der Waals surface area contributed by atoms with Gasteiger partial charge in [0.25, 0.3) is 11.8 Å². The quantitative estimate of drug-likeness (QED) is 0.511. The zero-order valence-electron chi connectivity index (χ0n) is 17.7. The summed E-state index contributed by atoms with van der Waals surface area (Å²) in [5, 5.41) is 5.69. The summed E-state index contributed by atoms with van der Waals surface area (Å²) in [4.78, 5) is 53.8. The number of aromatic amines is 1. The van der Waals surface area contributed by atoms with Gasteiger partial charge in [0.1, 0.15) is 11.7 Å². The molecule has 0 bridgehead atoms. The molecule has 1 atom stereocenters. The number of pyridine rings is 1. The van der Waals surface area contributed by atoms with E-state index in [1.54, 1.807) is 45.0 Å². The molecule has 0 saturated carbocycles. The molecule has 1 aromatic heterocycles. The molecule has 0 aliphatic heterocycles. The van der Waals surface area contributed by atoms with Crippen LogP contribution in [0.1, 0.15) is 35.5 Å². The van der Waals surface area contributed by atoms with E-state index in [1.165, 1.54) is 0 Å². The Morgan fingerprint density at radius 3 is 2.26 bits per heavy atom. The molecule has 0 aliphatic carbocycles. The average Bonchev–Trinajstić information content (AvgIpc) is 2.75. The fourth-order valence-corrected chi connectivity index (χ4v) is 3.34. The Balaban J connectivity index is 1.93. The van der Waals surface area contributed by atoms with Crippen LogP contribution in [0.4, 0.5) is 0 Å². The highest BCUT2D eigenvalue weighted by Crippen LogP contribution is 2.12. The van der Waals surface area contributed by atoms with Crippen LogP contribution in [-0.2, 0) is 16.0 Å². The third kappa shape index (κ3) is 5.06. The number of ketones is 1. The number of carbonyl (C=O) groups excluding carboxylic acids is 3. The third-order valence-corrected chi connectivity index (χ3v) is 4.92. The van der Waals surface area contributed by atoms with Crippen molar-refractivity contribution in [3.63, 3.8) is 0 Å². The summed E-state index contributed by atoms with van der Waals surface area (Å²) >= 11 is 0. The minimum absolute atomic E-state index is 0.0684. The van der Waals surface area contributed by atoms with Crippen LogP contribution in [0, 0.1) is 6.92 Å². The molecule has 1 heterocycles. The van der Waals surface area contributed by atoms with Gasteiger partial charge in [-0.3, -0.25) is 19.2 Å². The van der Waals surface area contributed by atoms with Crippen molar-refractivity contribution in [3.8, 4) is 0 Å². The van der Waals surface area contributed by atoms with Gasteiger partial charge in [-0.1, -0.05) is 42.5 Å². The fraction of sp³-hybridized carbons (Fsp3) is 0.250. The number of hydrogen-bond donors (Lipinski definition) is 3. The highest BCUT2D eigenvalue weighted by atomic mass is 16.2. The van der Waals surface area contributed by atoms with Gasteiger partial charge >= 0.3 is 0 Å². The van der Waals surface area contributed by atoms with Crippen LogP contribution < -0.4 is 16.1 Å². The smallest absolute Gasteiger partial charge is 0.289 e. The normalized spacial score (nSPS) is 11.9. The van der Waals surface area contributed by atoms with Gasteiger partial charge in [0.2, 0.25) is 5.78 Å². The molecule has 3 N–H and O–H groups in total. The van der Waals surface area contributed by atoms with E-state index in [4.69, 9.17) is 0 Å². The molecule has 2 aromatic carbocycles. The minimum atomic E-state index is -1.08. The molecule has 2 amide bonds. The van der Waals surface area contributed by atoms with Crippen molar-refractivity contribution >= 4 is 28.5 Å². The molecule has 7 nitrogen and oxygen atoms in total. The fourth-order valence-electron chi connectivity index (χ4n) is 3.34. The summed E-state index contributed by atoms with van der Waals surface area (Å²) in [6.45, 7) is 5.05. The van der Waals surface area contributed by atoms with E-state index in [0.29, 0.717) is 10.9 Å². The predicted octanol–water partition coefficient (Wildman–Crippen LogP) is 2.27. The summed E-state index contributed by atoms with van der Waals surface area (Å²) in [7, 11) is 0. The molecular formula is C24H25N3O4. The second kappa shape index (κ2) is 9.38. The Morgan fingerprint density at radius 1 is 0.935 bits per heavy atom. The number of amides is 2. The Morgan fingerprint density at radius 2 is 1.58 bits per heavy atom. The number of fused-ring (bicyclic) bond motifs is 1. The topological polar surface area (TPSA) is 108 Å². The predicted molar refractivity (Wildman–Crippen MR) is 119 cm³/mol. The number of hydrogen-bond acceptors (Lipinski definition) is 4. The second-order valence-corrected chi connectivity index (χ2v) is 7.71. The van der Waals surface area contributed by atoms with Gasteiger partial charge in [0, 0.05) is 28.9 Å². The second-order valence-electron chi connectivity index (χ2n) is 7.71. The van der Waals surface area contributed by atoms with Crippen LogP contribution in [0.3, 0.4) is 0 Å². The van der Waals surface area contributed by atoms with Crippen molar-refractivity contribution in [1.82, 2.24) is 15.6 Å². The Kier molecular flexibility index (Phi) is 6.65. The Hall–Kier alpha value is -3.74. The van der Waals surface area contributed by atoms with Crippen molar-refractivity contribution in [3.05, 3.63) is 81.6 Å². The van der Waals surface area contributed by atoms with Crippen molar-refractivity contribution in [1.29, 1.82) is 0 Å². The summed E-state index contributed by atoms with van der Waals surface area (Å²) < 4.78 is 0. The Labute approximate surface area is 179 Å². The molecule has 0 spiro atoms. The van der Waals surface area contributed by atoms with Gasteiger partial charge in [0.05, 0.1) is 0 Å². The highest BCUT2D eigenvalue weighted by Gasteiger charge is 2.29. The number of benzene rings is 2. The average molecular weight is 419 g/mol. The van der Waals surface area contributed by atoms with Crippen LogP contribution in [0.2, 0.25) is 0 Å². The maximum Gasteiger partial charge on any atom is 0.289 e. The largest absolute Gasteiger partial charge is 0.350 e. The molecule has 7 heteroatoms. The van der Waals surface area contributed by atoms with Gasteiger partial charge < -0.3 is 15.6 Å². The number of rotatable bonds is 7. The summed E-state index contributed by atoms with van der Waals surface area (Å²) in [5.74, 6) is -2.13. The van der Waals surface area contributed by atoms with Gasteiger partial charge in [-0.25, -0.2) is 0 Å². The van der Waals surface area contributed by atoms with E-state index < -0.39 is 23.6 Å². The number of nitrogens with one attached hydrogen (secondary N) is 3. The maximum atomic E-state index is 13.0. The van der Waals surface area contributed by atoms with E-state index in [2.05, 4.69) is 15.6 Å². The first-order valence-corrected chi connectivity index (χ1v) is 10.1. The van der Waals surface area contributed by atoms with E-state index in [1.807, 2.05) is 30.3 Å². The first kappa shape index (κ1) is 22.0.